The summed E-state index contributed by atoms with van der Waals surface area (Å²) in [6.45, 7) is 2.38. The topological polar surface area (TPSA) is 37.4 Å². The van der Waals surface area contributed by atoms with E-state index >= 15 is 0 Å². The molecule has 0 amide bonds. The summed E-state index contributed by atoms with van der Waals surface area (Å²) in [5, 5.41) is 1.20. The fraction of sp³-hybridized carbons (Fsp3) is 0.0909. The normalized spacial score (nSPS) is 16.1. The summed E-state index contributed by atoms with van der Waals surface area (Å²) in [6, 6.07) is 12.3. The minimum atomic E-state index is -0.217. The summed E-state index contributed by atoms with van der Waals surface area (Å²) in [6.07, 6.45) is 5.53. The Morgan fingerprint density at radius 1 is 0.889 bits per heavy atom. The SMILES string of the molecule is CC1=CN(Cc2c(Cl)cccc2Cl)C=CC1=C1C(=O)c2ccccc2C1=O. The maximum absolute atomic E-state index is 12.7. The van der Waals surface area contributed by atoms with E-state index in [9.17, 15) is 9.59 Å². The zero-order valence-corrected chi connectivity index (χ0v) is 16.0. The molecule has 2 aliphatic rings. The van der Waals surface area contributed by atoms with E-state index in [1.165, 1.54) is 0 Å². The molecule has 1 aliphatic carbocycles. The molecule has 2 aromatic rings. The van der Waals surface area contributed by atoms with E-state index in [2.05, 4.69) is 0 Å². The molecular formula is C22H15Cl2NO2. The molecule has 5 heteroatoms. The first-order chi connectivity index (χ1) is 13.0. The quantitative estimate of drug-likeness (QED) is 0.490. The van der Waals surface area contributed by atoms with Crippen LogP contribution in [0.1, 0.15) is 33.2 Å². The molecule has 1 aliphatic heterocycles. The Morgan fingerprint density at radius 2 is 1.48 bits per heavy atom. The van der Waals surface area contributed by atoms with Gasteiger partial charge in [0.15, 0.2) is 11.6 Å². The molecule has 0 unspecified atom stereocenters. The maximum atomic E-state index is 12.7. The van der Waals surface area contributed by atoms with E-state index in [0.717, 1.165) is 11.1 Å². The fourth-order valence-corrected chi connectivity index (χ4v) is 3.92. The number of halogens is 2. The monoisotopic (exact) mass is 395 g/mol. The van der Waals surface area contributed by atoms with Crippen LogP contribution in [0.2, 0.25) is 10.0 Å². The number of hydrogen-bond acceptors (Lipinski definition) is 3. The van der Waals surface area contributed by atoms with Gasteiger partial charge in [-0.15, -0.1) is 0 Å². The molecule has 0 fully saturated rings. The Labute approximate surface area is 167 Å². The van der Waals surface area contributed by atoms with Crippen LogP contribution in [0.25, 0.3) is 0 Å². The second kappa shape index (κ2) is 6.84. The van der Waals surface area contributed by atoms with Crippen LogP contribution in [-0.4, -0.2) is 16.5 Å². The lowest BCUT2D eigenvalue weighted by Crippen LogP contribution is -2.16. The molecule has 2 aromatic carbocycles. The lowest BCUT2D eigenvalue weighted by molar-refractivity contribution is 0.0987. The second-order valence-corrected chi connectivity index (χ2v) is 7.31. The van der Waals surface area contributed by atoms with Gasteiger partial charge in [0.1, 0.15) is 0 Å². The smallest absolute Gasteiger partial charge is 0.198 e. The minimum absolute atomic E-state index is 0.217. The Hall–Kier alpha value is -2.62. The Balaban J connectivity index is 1.67. The van der Waals surface area contributed by atoms with Gasteiger partial charge in [-0.1, -0.05) is 53.5 Å². The predicted octanol–water partition coefficient (Wildman–Crippen LogP) is 5.60. The molecule has 1 heterocycles. The fourth-order valence-electron chi connectivity index (χ4n) is 3.40. The van der Waals surface area contributed by atoms with Crippen LogP contribution in [0, 0.1) is 0 Å². The van der Waals surface area contributed by atoms with E-state index in [1.54, 1.807) is 48.5 Å². The number of fused-ring (bicyclic) bond motifs is 1. The summed E-state index contributed by atoms with van der Waals surface area (Å²) >= 11 is 12.5. The highest BCUT2D eigenvalue weighted by molar-refractivity contribution is 6.40. The molecule has 3 nitrogen and oxygen atoms in total. The van der Waals surface area contributed by atoms with Crippen molar-refractivity contribution in [2.24, 2.45) is 0 Å². The Kier molecular flexibility index (Phi) is 4.50. The molecular weight excluding hydrogens is 381 g/mol. The number of Topliss-reactive ketones (excluding diaryl/α,β-unsaturated/α-hetero) is 2. The van der Waals surface area contributed by atoms with Gasteiger partial charge < -0.3 is 4.90 Å². The number of rotatable bonds is 2. The summed E-state index contributed by atoms with van der Waals surface area (Å²) in [7, 11) is 0. The molecule has 0 radical (unpaired) electrons. The van der Waals surface area contributed by atoms with Crippen molar-refractivity contribution in [3.05, 3.63) is 104 Å². The first-order valence-electron chi connectivity index (χ1n) is 8.45. The molecule has 0 saturated carbocycles. The minimum Gasteiger partial charge on any atom is -0.349 e. The van der Waals surface area contributed by atoms with Crippen molar-refractivity contribution in [2.75, 3.05) is 0 Å². The molecule has 0 saturated heterocycles. The zero-order chi connectivity index (χ0) is 19.1. The van der Waals surface area contributed by atoms with Crippen molar-refractivity contribution in [3.8, 4) is 0 Å². The largest absolute Gasteiger partial charge is 0.349 e. The van der Waals surface area contributed by atoms with Gasteiger partial charge in [-0.3, -0.25) is 9.59 Å². The van der Waals surface area contributed by atoms with E-state index < -0.39 is 0 Å². The zero-order valence-electron chi connectivity index (χ0n) is 14.5. The first-order valence-corrected chi connectivity index (χ1v) is 9.21. The van der Waals surface area contributed by atoms with Crippen LogP contribution in [-0.2, 0) is 6.54 Å². The van der Waals surface area contributed by atoms with Crippen LogP contribution in [0.3, 0.4) is 0 Å². The van der Waals surface area contributed by atoms with Gasteiger partial charge in [0, 0.05) is 45.7 Å². The number of carbonyl (C=O) groups is 2. The van der Waals surface area contributed by atoms with Gasteiger partial charge >= 0.3 is 0 Å². The van der Waals surface area contributed by atoms with Gasteiger partial charge in [0.2, 0.25) is 0 Å². The molecule has 0 atom stereocenters. The number of nitrogens with zero attached hydrogens (tertiary/aromatic N) is 1. The van der Waals surface area contributed by atoms with Crippen LogP contribution in [0.4, 0.5) is 0 Å². The van der Waals surface area contributed by atoms with E-state index in [1.807, 2.05) is 24.2 Å². The lowest BCUT2D eigenvalue weighted by atomic mass is 9.96. The molecule has 27 heavy (non-hydrogen) atoms. The second-order valence-electron chi connectivity index (χ2n) is 6.49. The highest BCUT2D eigenvalue weighted by atomic mass is 35.5. The number of ketones is 2. The highest BCUT2D eigenvalue weighted by Crippen LogP contribution is 2.33. The molecule has 0 aromatic heterocycles. The van der Waals surface area contributed by atoms with E-state index in [4.69, 9.17) is 23.2 Å². The maximum Gasteiger partial charge on any atom is 0.198 e. The van der Waals surface area contributed by atoms with Crippen molar-refractivity contribution in [1.29, 1.82) is 0 Å². The van der Waals surface area contributed by atoms with Crippen molar-refractivity contribution in [2.45, 2.75) is 13.5 Å². The molecule has 4 rings (SSSR count). The van der Waals surface area contributed by atoms with Crippen LogP contribution in [0.5, 0.6) is 0 Å². The first kappa shape index (κ1) is 17.8. The summed E-state index contributed by atoms with van der Waals surface area (Å²) in [5.74, 6) is -0.434. The third-order valence-corrected chi connectivity index (χ3v) is 5.47. The molecule has 0 N–H and O–H groups in total. The standard InChI is InChI=1S/C22H15Cl2NO2/c1-13-11-25(12-17-18(23)7-4-8-19(17)24)10-9-14(13)20-21(26)15-5-2-3-6-16(15)22(20)27/h2-11H,12H2,1H3. The highest BCUT2D eigenvalue weighted by Gasteiger charge is 2.35. The average Bonchev–Trinajstić information content (AvgIpc) is 2.90. The third-order valence-electron chi connectivity index (χ3n) is 4.76. The Bertz CT molecular complexity index is 1020. The lowest BCUT2D eigenvalue weighted by Gasteiger charge is -2.23. The van der Waals surface area contributed by atoms with E-state index in [-0.39, 0.29) is 17.1 Å². The van der Waals surface area contributed by atoms with Gasteiger partial charge in [0.05, 0.1) is 5.57 Å². The number of hydrogen-bond donors (Lipinski definition) is 0. The van der Waals surface area contributed by atoms with Gasteiger partial charge in [0.25, 0.3) is 0 Å². The van der Waals surface area contributed by atoms with E-state index in [0.29, 0.717) is 33.3 Å². The van der Waals surface area contributed by atoms with Crippen molar-refractivity contribution in [1.82, 2.24) is 4.90 Å². The summed E-state index contributed by atoms with van der Waals surface area (Å²) in [5.41, 5.74) is 3.49. The van der Waals surface area contributed by atoms with Gasteiger partial charge in [-0.05, 0) is 36.3 Å². The number of carbonyl (C=O) groups excluding carboxylic acids is 2. The van der Waals surface area contributed by atoms with Gasteiger partial charge in [-0.25, -0.2) is 0 Å². The van der Waals surface area contributed by atoms with Crippen LogP contribution in [0.15, 0.2) is 77.7 Å². The van der Waals surface area contributed by atoms with Crippen LogP contribution >= 0.6 is 23.2 Å². The van der Waals surface area contributed by atoms with Gasteiger partial charge in [-0.2, -0.15) is 0 Å². The number of benzene rings is 2. The molecule has 134 valence electrons. The summed E-state index contributed by atoms with van der Waals surface area (Å²) < 4.78 is 0. The number of allylic oxidation sites excluding steroid dienone is 4. The molecule has 0 spiro atoms. The Morgan fingerprint density at radius 3 is 2.04 bits per heavy atom. The third kappa shape index (κ3) is 3.03. The predicted molar refractivity (Wildman–Crippen MR) is 107 cm³/mol. The van der Waals surface area contributed by atoms with Crippen molar-refractivity contribution in [3.63, 3.8) is 0 Å². The summed E-state index contributed by atoms with van der Waals surface area (Å²) in [4.78, 5) is 27.4. The van der Waals surface area contributed by atoms with Crippen molar-refractivity contribution >= 4 is 34.8 Å². The molecule has 0 bridgehead atoms. The van der Waals surface area contributed by atoms with Crippen molar-refractivity contribution < 1.29 is 9.59 Å². The average molecular weight is 396 g/mol. The van der Waals surface area contributed by atoms with Crippen LogP contribution < -0.4 is 0 Å².